The van der Waals surface area contributed by atoms with Crippen molar-refractivity contribution in [1.29, 1.82) is 0 Å². The number of thioether (sulfide) groups is 1. The number of rotatable bonds is 5. The number of guanidine groups is 1. The monoisotopic (exact) mass is 471 g/mol. The molecule has 0 bridgehead atoms. The molecule has 2 unspecified atom stereocenters. The lowest BCUT2D eigenvalue weighted by molar-refractivity contribution is 0.00395. The quantitative estimate of drug-likeness (QED) is 0.327. The van der Waals surface area contributed by atoms with Crippen LogP contribution in [0.15, 0.2) is 4.99 Å². The number of hydrogen-bond donors (Lipinski definition) is 3. The van der Waals surface area contributed by atoms with Crippen LogP contribution in [-0.4, -0.2) is 61.5 Å². The maximum atomic E-state index is 10.3. The Morgan fingerprint density at radius 1 is 1.21 bits per heavy atom. The molecular formula is C17H34IN3O2S. The standard InChI is InChI=1S/C17H33N3O2S.HI/c1-16(7-5-4-6-14(16)21)12-19-15(18-2)20-13-17(23-3)8-10-22-11-9-17;/h14,21H,4-13H2,1-3H3,(H2,18,19,20);1H. The van der Waals surface area contributed by atoms with Gasteiger partial charge in [0.2, 0.25) is 0 Å². The molecule has 1 saturated carbocycles. The highest BCUT2D eigenvalue weighted by Gasteiger charge is 2.36. The zero-order chi connectivity index (χ0) is 16.8. The molecule has 0 radical (unpaired) electrons. The van der Waals surface area contributed by atoms with Crippen molar-refractivity contribution in [3.8, 4) is 0 Å². The molecule has 2 aliphatic rings. The first-order chi connectivity index (χ1) is 11.0. The molecule has 3 N–H and O–H groups in total. The third-order valence-corrected chi connectivity index (χ3v) is 7.00. The van der Waals surface area contributed by atoms with Crippen LogP contribution in [-0.2, 0) is 4.74 Å². The number of aliphatic imine (C=N–C) groups is 1. The van der Waals surface area contributed by atoms with Gasteiger partial charge in [0.05, 0.1) is 6.10 Å². The molecular weight excluding hydrogens is 437 g/mol. The van der Waals surface area contributed by atoms with Gasteiger partial charge in [0.25, 0.3) is 0 Å². The second kappa shape index (κ2) is 10.4. The molecule has 142 valence electrons. The van der Waals surface area contributed by atoms with Gasteiger partial charge in [0.15, 0.2) is 5.96 Å². The molecule has 0 aromatic heterocycles. The minimum absolute atomic E-state index is 0. The Kier molecular flexibility index (Phi) is 9.69. The maximum Gasteiger partial charge on any atom is 0.191 e. The fraction of sp³-hybridized carbons (Fsp3) is 0.941. The molecule has 1 aliphatic carbocycles. The first kappa shape index (κ1) is 22.3. The van der Waals surface area contributed by atoms with Crippen molar-refractivity contribution in [2.24, 2.45) is 10.4 Å². The van der Waals surface area contributed by atoms with Gasteiger partial charge in [-0.25, -0.2) is 0 Å². The summed E-state index contributed by atoms with van der Waals surface area (Å²) in [5, 5.41) is 17.2. The Morgan fingerprint density at radius 3 is 2.46 bits per heavy atom. The van der Waals surface area contributed by atoms with Crippen LogP contribution in [0.25, 0.3) is 0 Å². The average Bonchev–Trinajstić information content (AvgIpc) is 2.59. The van der Waals surface area contributed by atoms with Crippen LogP contribution < -0.4 is 10.6 Å². The van der Waals surface area contributed by atoms with E-state index >= 15 is 0 Å². The number of aliphatic hydroxyl groups is 1. The van der Waals surface area contributed by atoms with Crippen molar-refractivity contribution in [1.82, 2.24) is 10.6 Å². The summed E-state index contributed by atoms with van der Waals surface area (Å²) in [6, 6.07) is 0. The van der Waals surface area contributed by atoms with E-state index in [0.717, 1.165) is 64.4 Å². The largest absolute Gasteiger partial charge is 0.392 e. The molecule has 0 spiro atoms. The lowest BCUT2D eigenvalue weighted by Crippen LogP contribution is -2.51. The molecule has 2 fully saturated rings. The number of ether oxygens (including phenoxy) is 1. The van der Waals surface area contributed by atoms with Crippen LogP contribution in [0.2, 0.25) is 0 Å². The predicted octanol–water partition coefficient (Wildman–Crippen LogP) is 2.62. The molecule has 1 aliphatic heterocycles. The number of nitrogens with one attached hydrogen (secondary N) is 2. The summed E-state index contributed by atoms with van der Waals surface area (Å²) in [6.07, 6.45) is 8.46. The third-order valence-electron chi connectivity index (χ3n) is 5.58. The Hall–Kier alpha value is 0.270. The van der Waals surface area contributed by atoms with Crippen LogP contribution in [0.3, 0.4) is 0 Å². The SMILES string of the molecule is CN=C(NCC1(SC)CCOCC1)NCC1(C)CCCCC1O.I. The Balaban J connectivity index is 0.00000288. The predicted molar refractivity (Wildman–Crippen MR) is 114 cm³/mol. The van der Waals surface area contributed by atoms with E-state index in [1.54, 1.807) is 0 Å². The summed E-state index contributed by atoms with van der Waals surface area (Å²) in [5.74, 6) is 0.837. The molecule has 1 heterocycles. The van der Waals surface area contributed by atoms with Crippen LogP contribution in [0, 0.1) is 5.41 Å². The summed E-state index contributed by atoms with van der Waals surface area (Å²) in [7, 11) is 1.81. The second-order valence-corrected chi connectivity index (χ2v) is 8.47. The first-order valence-corrected chi connectivity index (χ1v) is 10.0. The van der Waals surface area contributed by atoms with E-state index in [-0.39, 0.29) is 40.2 Å². The molecule has 0 aromatic rings. The average molecular weight is 471 g/mol. The minimum atomic E-state index is -0.213. The number of nitrogens with zero attached hydrogens (tertiary/aromatic N) is 1. The molecule has 2 atom stereocenters. The molecule has 24 heavy (non-hydrogen) atoms. The van der Waals surface area contributed by atoms with Crippen molar-refractivity contribution in [3.05, 3.63) is 0 Å². The topological polar surface area (TPSA) is 65.9 Å². The fourth-order valence-electron chi connectivity index (χ4n) is 3.54. The van der Waals surface area contributed by atoms with Crippen molar-refractivity contribution in [2.45, 2.75) is 56.3 Å². The van der Waals surface area contributed by atoms with E-state index in [1.165, 1.54) is 6.42 Å². The molecule has 0 amide bonds. The van der Waals surface area contributed by atoms with Gasteiger partial charge < -0.3 is 20.5 Å². The Morgan fingerprint density at radius 2 is 1.88 bits per heavy atom. The maximum absolute atomic E-state index is 10.3. The molecule has 0 aromatic carbocycles. The van der Waals surface area contributed by atoms with Crippen molar-refractivity contribution < 1.29 is 9.84 Å². The molecule has 5 nitrogen and oxygen atoms in total. The third kappa shape index (κ3) is 5.92. The highest BCUT2D eigenvalue weighted by atomic mass is 127. The number of aliphatic hydroxyl groups excluding tert-OH is 1. The normalized spacial score (nSPS) is 30.3. The summed E-state index contributed by atoms with van der Waals surface area (Å²) in [6.45, 7) is 5.54. The van der Waals surface area contributed by atoms with Gasteiger partial charge in [-0.15, -0.1) is 24.0 Å². The van der Waals surface area contributed by atoms with E-state index < -0.39 is 0 Å². The number of halogens is 1. The minimum Gasteiger partial charge on any atom is -0.392 e. The second-order valence-electron chi connectivity index (χ2n) is 7.19. The van der Waals surface area contributed by atoms with E-state index in [9.17, 15) is 5.11 Å². The van der Waals surface area contributed by atoms with E-state index in [1.807, 2.05) is 18.8 Å². The molecule has 7 heteroatoms. The van der Waals surface area contributed by atoms with Crippen LogP contribution in [0.1, 0.15) is 45.4 Å². The van der Waals surface area contributed by atoms with E-state index in [0.29, 0.717) is 0 Å². The zero-order valence-corrected chi connectivity index (χ0v) is 18.4. The van der Waals surface area contributed by atoms with Gasteiger partial charge in [0.1, 0.15) is 0 Å². The first-order valence-electron chi connectivity index (χ1n) is 8.79. The van der Waals surface area contributed by atoms with Crippen LogP contribution in [0.4, 0.5) is 0 Å². The summed E-state index contributed by atoms with van der Waals surface area (Å²) < 4.78 is 5.74. The van der Waals surface area contributed by atoms with Gasteiger partial charge in [-0.3, -0.25) is 4.99 Å². The lowest BCUT2D eigenvalue weighted by atomic mass is 9.73. The number of hydrogen-bond acceptors (Lipinski definition) is 4. The van der Waals surface area contributed by atoms with Crippen molar-refractivity contribution in [3.63, 3.8) is 0 Å². The van der Waals surface area contributed by atoms with Gasteiger partial charge in [-0.1, -0.05) is 19.8 Å². The van der Waals surface area contributed by atoms with E-state index in [4.69, 9.17) is 4.74 Å². The van der Waals surface area contributed by atoms with Crippen molar-refractivity contribution >= 4 is 41.7 Å². The highest BCUT2D eigenvalue weighted by Crippen LogP contribution is 2.35. The van der Waals surface area contributed by atoms with E-state index in [2.05, 4.69) is 28.8 Å². The zero-order valence-electron chi connectivity index (χ0n) is 15.3. The lowest BCUT2D eigenvalue weighted by Gasteiger charge is -2.39. The Labute approximate surface area is 168 Å². The summed E-state index contributed by atoms with van der Waals surface area (Å²) >= 11 is 1.93. The fourth-order valence-corrected chi connectivity index (χ4v) is 4.33. The smallest absolute Gasteiger partial charge is 0.191 e. The highest BCUT2D eigenvalue weighted by molar-refractivity contribution is 14.0. The Bertz CT molecular complexity index is 392. The van der Waals surface area contributed by atoms with Gasteiger partial charge in [-0.2, -0.15) is 11.8 Å². The molecule has 1 saturated heterocycles. The van der Waals surface area contributed by atoms with Crippen LogP contribution in [0.5, 0.6) is 0 Å². The molecule has 2 rings (SSSR count). The van der Waals surface area contributed by atoms with Crippen molar-refractivity contribution in [2.75, 3.05) is 39.6 Å². The van der Waals surface area contributed by atoms with Gasteiger partial charge in [-0.05, 0) is 31.9 Å². The summed E-state index contributed by atoms with van der Waals surface area (Å²) in [4.78, 5) is 4.35. The van der Waals surface area contributed by atoms with Gasteiger partial charge >= 0.3 is 0 Å². The van der Waals surface area contributed by atoms with Gasteiger partial charge in [0, 0.05) is 43.5 Å². The van der Waals surface area contributed by atoms with Crippen LogP contribution >= 0.6 is 35.7 Å². The summed E-state index contributed by atoms with van der Waals surface area (Å²) in [5.41, 5.74) is -0.0499.